The molecule has 1 aromatic heterocycles. The van der Waals surface area contributed by atoms with E-state index in [1.54, 1.807) is 0 Å². The predicted molar refractivity (Wildman–Crippen MR) is 117 cm³/mol. The van der Waals surface area contributed by atoms with E-state index in [-0.39, 0.29) is 12.4 Å². The number of rotatable bonds is 3. The molecular formula is C24H23ClN2O3. The summed E-state index contributed by atoms with van der Waals surface area (Å²) < 4.78 is 11.1. The van der Waals surface area contributed by atoms with Gasteiger partial charge < -0.3 is 9.26 Å². The van der Waals surface area contributed by atoms with Gasteiger partial charge in [0.1, 0.15) is 23.1 Å². The van der Waals surface area contributed by atoms with Crippen molar-refractivity contribution in [1.82, 2.24) is 5.16 Å². The van der Waals surface area contributed by atoms with E-state index in [0.29, 0.717) is 16.5 Å². The lowest BCUT2D eigenvalue weighted by atomic mass is 9.93. The van der Waals surface area contributed by atoms with Crippen LogP contribution >= 0.6 is 11.6 Å². The fraction of sp³-hybridized carbons (Fsp3) is 0.292. The first-order valence-corrected chi connectivity index (χ1v) is 10.2. The van der Waals surface area contributed by atoms with Gasteiger partial charge in [0.25, 0.3) is 0 Å². The number of nitrogens with zero attached hydrogens (tertiary/aromatic N) is 2. The van der Waals surface area contributed by atoms with Gasteiger partial charge >= 0.3 is 5.97 Å². The van der Waals surface area contributed by atoms with E-state index in [9.17, 15) is 4.79 Å². The number of aryl methyl sites for hydroxylation is 1. The molecule has 0 saturated carbocycles. The molecule has 0 spiro atoms. The van der Waals surface area contributed by atoms with Gasteiger partial charge in [-0.3, -0.25) is 9.79 Å². The molecule has 6 heteroatoms. The van der Waals surface area contributed by atoms with E-state index in [1.165, 1.54) is 0 Å². The van der Waals surface area contributed by atoms with Gasteiger partial charge in [-0.2, -0.15) is 0 Å². The van der Waals surface area contributed by atoms with Gasteiger partial charge in [0.05, 0.1) is 17.7 Å². The standard InChI is InChI=1S/C24H23ClN2O3/c1-14-21-17-7-5-6-8-18(17)22(15-9-11-16(25)12-10-15)26-19(23(21)27-30-14)13-20(28)29-24(2,3)4/h5-12,19H,13H2,1-4H3/t19-/m0/s1. The van der Waals surface area contributed by atoms with Crippen molar-refractivity contribution >= 4 is 23.3 Å². The lowest BCUT2D eigenvalue weighted by Crippen LogP contribution is -2.25. The van der Waals surface area contributed by atoms with Crippen LogP contribution in [0.5, 0.6) is 0 Å². The minimum Gasteiger partial charge on any atom is -0.460 e. The van der Waals surface area contributed by atoms with Crippen molar-refractivity contribution in [2.75, 3.05) is 0 Å². The molecule has 5 nitrogen and oxygen atoms in total. The minimum absolute atomic E-state index is 0.0708. The number of hydrogen-bond donors (Lipinski definition) is 0. The Kier molecular flexibility index (Phi) is 5.24. The highest BCUT2D eigenvalue weighted by Gasteiger charge is 2.32. The summed E-state index contributed by atoms with van der Waals surface area (Å²) in [6.07, 6.45) is 0.0708. The molecule has 0 saturated heterocycles. The zero-order valence-corrected chi connectivity index (χ0v) is 18.2. The van der Waals surface area contributed by atoms with E-state index in [2.05, 4.69) is 5.16 Å². The molecule has 0 N–H and O–H groups in total. The van der Waals surface area contributed by atoms with Crippen LogP contribution < -0.4 is 0 Å². The molecule has 0 bridgehead atoms. The molecule has 30 heavy (non-hydrogen) atoms. The maximum absolute atomic E-state index is 12.6. The highest BCUT2D eigenvalue weighted by molar-refractivity contribution is 6.30. The van der Waals surface area contributed by atoms with Gasteiger partial charge in [-0.15, -0.1) is 0 Å². The van der Waals surface area contributed by atoms with Gasteiger partial charge in [-0.1, -0.05) is 53.2 Å². The number of hydrogen-bond acceptors (Lipinski definition) is 5. The van der Waals surface area contributed by atoms with Gasteiger partial charge in [-0.25, -0.2) is 0 Å². The Hall–Kier alpha value is -2.92. The van der Waals surface area contributed by atoms with Crippen molar-refractivity contribution in [3.63, 3.8) is 0 Å². The van der Waals surface area contributed by atoms with Gasteiger partial charge in [0.2, 0.25) is 0 Å². The third kappa shape index (κ3) is 4.03. The van der Waals surface area contributed by atoms with Crippen LogP contribution in [0.2, 0.25) is 5.02 Å². The summed E-state index contributed by atoms with van der Waals surface area (Å²) in [6, 6.07) is 15.0. The van der Waals surface area contributed by atoms with Crippen LogP contribution in [0.4, 0.5) is 0 Å². The normalized spacial score (nSPS) is 15.6. The number of aromatic nitrogens is 1. The molecule has 2 heterocycles. The largest absolute Gasteiger partial charge is 0.460 e. The van der Waals surface area contributed by atoms with E-state index < -0.39 is 11.6 Å². The highest BCUT2D eigenvalue weighted by atomic mass is 35.5. The number of ether oxygens (including phenoxy) is 1. The second kappa shape index (κ2) is 7.73. The Morgan fingerprint density at radius 2 is 1.77 bits per heavy atom. The zero-order chi connectivity index (χ0) is 21.5. The number of carbonyl (C=O) groups excluding carboxylic acids is 1. The smallest absolute Gasteiger partial charge is 0.308 e. The number of halogens is 1. The average Bonchev–Trinajstić information content (AvgIpc) is 2.99. The highest BCUT2D eigenvalue weighted by Crippen LogP contribution is 2.40. The molecule has 0 aliphatic carbocycles. The molecular weight excluding hydrogens is 400 g/mol. The topological polar surface area (TPSA) is 64.7 Å². The van der Waals surface area contributed by atoms with Crippen LogP contribution in [0, 0.1) is 6.92 Å². The summed E-state index contributed by atoms with van der Waals surface area (Å²) in [5.74, 6) is 0.364. The van der Waals surface area contributed by atoms with Crippen LogP contribution in [-0.4, -0.2) is 22.4 Å². The van der Waals surface area contributed by atoms with Crippen molar-refractivity contribution in [3.8, 4) is 11.1 Å². The summed E-state index contributed by atoms with van der Waals surface area (Å²) in [6.45, 7) is 7.42. The Balaban J connectivity index is 1.87. The molecule has 1 atom stereocenters. The molecule has 4 rings (SSSR count). The monoisotopic (exact) mass is 422 g/mol. The van der Waals surface area contributed by atoms with E-state index in [1.807, 2.05) is 76.2 Å². The van der Waals surface area contributed by atoms with Crippen LogP contribution in [0.25, 0.3) is 11.1 Å². The number of fused-ring (bicyclic) bond motifs is 3. The quantitative estimate of drug-likeness (QED) is 0.491. The van der Waals surface area contributed by atoms with Gasteiger partial charge in [-0.05, 0) is 45.4 Å². The van der Waals surface area contributed by atoms with Crippen molar-refractivity contribution in [2.24, 2.45) is 4.99 Å². The summed E-state index contributed by atoms with van der Waals surface area (Å²) in [7, 11) is 0. The Morgan fingerprint density at radius 3 is 2.43 bits per heavy atom. The van der Waals surface area contributed by atoms with E-state index in [0.717, 1.165) is 28.0 Å². The van der Waals surface area contributed by atoms with E-state index >= 15 is 0 Å². The third-order valence-electron chi connectivity index (χ3n) is 4.84. The maximum Gasteiger partial charge on any atom is 0.308 e. The van der Waals surface area contributed by atoms with Crippen molar-refractivity contribution in [3.05, 3.63) is 76.1 Å². The first-order valence-electron chi connectivity index (χ1n) is 9.84. The second-order valence-electron chi connectivity index (χ2n) is 8.34. The van der Waals surface area contributed by atoms with Crippen molar-refractivity contribution in [1.29, 1.82) is 0 Å². The Bertz CT molecular complexity index is 1120. The van der Waals surface area contributed by atoms with Crippen LogP contribution in [0.3, 0.4) is 0 Å². The third-order valence-corrected chi connectivity index (χ3v) is 5.09. The molecule has 0 radical (unpaired) electrons. The summed E-state index contributed by atoms with van der Waals surface area (Å²) in [5, 5.41) is 4.93. The second-order valence-corrected chi connectivity index (χ2v) is 8.77. The first kappa shape index (κ1) is 20.4. The van der Waals surface area contributed by atoms with Crippen LogP contribution in [0.1, 0.15) is 55.8 Å². The maximum atomic E-state index is 12.6. The van der Waals surface area contributed by atoms with Crippen LogP contribution in [-0.2, 0) is 9.53 Å². The number of esters is 1. The number of aliphatic imine (C=N–C) groups is 1. The van der Waals surface area contributed by atoms with Crippen molar-refractivity contribution in [2.45, 2.75) is 45.8 Å². The molecule has 0 amide bonds. The fourth-order valence-corrected chi connectivity index (χ4v) is 3.79. The lowest BCUT2D eigenvalue weighted by Gasteiger charge is -2.20. The van der Waals surface area contributed by atoms with Gasteiger partial charge in [0, 0.05) is 16.1 Å². The average molecular weight is 423 g/mol. The molecule has 1 aliphatic rings. The zero-order valence-electron chi connectivity index (χ0n) is 17.4. The summed E-state index contributed by atoms with van der Waals surface area (Å²) in [4.78, 5) is 17.6. The molecule has 2 aromatic carbocycles. The Labute approximate surface area is 180 Å². The fourth-order valence-electron chi connectivity index (χ4n) is 3.66. The first-order chi connectivity index (χ1) is 14.2. The molecule has 3 aromatic rings. The molecule has 154 valence electrons. The molecule has 0 unspecified atom stereocenters. The van der Waals surface area contributed by atoms with Gasteiger partial charge in [0.15, 0.2) is 0 Å². The predicted octanol–water partition coefficient (Wildman–Crippen LogP) is 5.93. The SMILES string of the molecule is Cc1onc2c1-c1ccccc1C(c1ccc(Cl)cc1)=N[C@H]2CC(=O)OC(C)(C)C. The lowest BCUT2D eigenvalue weighted by molar-refractivity contribution is -0.155. The Morgan fingerprint density at radius 1 is 1.10 bits per heavy atom. The summed E-state index contributed by atoms with van der Waals surface area (Å²) >= 11 is 6.09. The van der Waals surface area contributed by atoms with Crippen molar-refractivity contribution < 1.29 is 14.1 Å². The van der Waals surface area contributed by atoms with E-state index in [4.69, 9.17) is 25.9 Å². The number of benzene rings is 2. The summed E-state index contributed by atoms with van der Waals surface area (Å²) in [5.41, 5.74) is 4.59. The van der Waals surface area contributed by atoms with Crippen LogP contribution in [0.15, 0.2) is 58.0 Å². The molecule has 0 fully saturated rings. The molecule has 1 aliphatic heterocycles. The minimum atomic E-state index is -0.573. The number of carbonyl (C=O) groups is 1.